The van der Waals surface area contributed by atoms with E-state index in [1.807, 2.05) is 12.1 Å². The maximum atomic E-state index is 13.6. The average molecular weight is 618 g/mol. The van der Waals surface area contributed by atoms with E-state index in [1.165, 1.54) is 19.2 Å². The van der Waals surface area contributed by atoms with Crippen molar-refractivity contribution in [2.75, 3.05) is 7.11 Å². The van der Waals surface area contributed by atoms with E-state index in [0.29, 0.717) is 52.2 Å². The summed E-state index contributed by atoms with van der Waals surface area (Å²) >= 11 is 0. The summed E-state index contributed by atoms with van der Waals surface area (Å²) in [5, 5.41) is 17.9. The Labute approximate surface area is 246 Å². The van der Waals surface area contributed by atoms with Crippen LogP contribution in [0.3, 0.4) is 0 Å². The van der Waals surface area contributed by atoms with Crippen LogP contribution in [-0.2, 0) is 16.2 Å². The van der Waals surface area contributed by atoms with E-state index < -0.39 is 30.0 Å². The van der Waals surface area contributed by atoms with Gasteiger partial charge in [-0.25, -0.2) is 19.2 Å². The largest absolute Gasteiger partial charge is 0.494 e. The van der Waals surface area contributed by atoms with E-state index in [0.717, 1.165) is 0 Å². The number of carbonyl (C=O) groups is 2. The number of halogens is 4. The molecule has 4 aromatic rings. The predicted molar refractivity (Wildman–Crippen MR) is 142 cm³/mol. The predicted octanol–water partition coefficient (Wildman–Crippen LogP) is 4.12. The van der Waals surface area contributed by atoms with Crippen molar-refractivity contribution < 1.29 is 46.4 Å². The van der Waals surface area contributed by atoms with Gasteiger partial charge in [-0.3, -0.25) is 9.78 Å². The van der Waals surface area contributed by atoms with Gasteiger partial charge in [-0.1, -0.05) is 16.4 Å². The standard InChI is InChI=1S/C25H22FN7O4.C2HF3O2/c1-13-29-19(9-21(30-13)24(34)28-11-15-4-6-17(26)22(8-15)35-3)20-10-23(36-33-20)18-7-5-16(12-27-18)25-31-14(2)32-37-25;3-2(4,5)1(6)7/h4-9,12,23H,10-11H2,1-3H3,(H,28,34);(H,6,7). The van der Waals surface area contributed by atoms with Gasteiger partial charge in [-0.15, -0.1) is 0 Å². The first-order valence-corrected chi connectivity index (χ1v) is 12.6. The van der Waals surface area contributed by atoms with Gasteiger partial charge < -0.3 is 24.5 Å². The van der Waals surface area contributed by atoms with Crippen molar-refractivity contribution in [3.63, 3.8) is 0 Å². The molecular formula is C27H23F4N7O6. The molecule has 17 heteroatoms. The number of carboxylic acid groups (broad SMARTS) is 1. The third-order valence-corrected chi connectivity index (χ3v) is 5.84. The van der Waals surface area contributed by atoms with Gasteiger partial charge in [0.2, 0.25) is 0 Å². The van der Waals surface area contributed by atoms with Crippen molar-refractivity contribution in [2.24, 2.45) is 5.16 Å². The van der Waals surface area contributed by atoms with Crippen LogP contribution in [0.1, 0.15) is 51.6 Å². The minimum Gasteiger partial charge on any atom is -0.494 e. The summed E-state index contributed by atoms with van der Waals surface area (Å²) in [4.78, 5) is 44.6. The van der Waals surface area contributed by atoms with Crippen molar-refractivity contribution in [2.45, 2.75) is 39.1 Å². The van der Waals surface area contributed by atoms with E-state index in [4.69, 9.17) is 24.0 Å². The fraction of sp³-hybridized carbons (Fsp3) is 0.259. The molecule has 230 valence electrons. The molecule has 3 aromatic heterocycles. The van der Waals surface area contributed by atoms with Crippen LogP contribution in [0.25, 0.3) is 11.5 Å². The van der Waals surface area contributed by atoms with Gasteiger partial charge in [-0.05, 0) is 49.7 Å². The normalized spacial score (nSPS) is 14.2. The summed E-state index contributed by atoms with van der Waals surface area (Å²) in [6.07, 6.45) is -3.44. The molecule has 1 aromatic carbocycles. The number of nitrogens with zero attached hydrogens (tertiary/aromatic N) is 6. The Kier molecular flexibility index (Phi) is 9.45. The molecule has 2 N–H and O–H groups in total. The number of alkyl halides is 3. The van der Waals surface area contributed by atoms with E-state index in [1.54, 1.807) is 32.2 Å². The van der Waals surface area contributed by atoms with Crippen molar-refractivity contribution in [3.8, 4) is 17.2 Å². The number of carboxylic acids is 1. The molecule has 0 bridgehead atoms. The zero-order valence-electron chi connectivity index (χ0n) is 23.2. The van der Waals surface area contributed by atoms with Gasteiger partial charge in [0.1, 0.15) is 17.2 Å². The molecule has 0 aliphatic carbocycles. The summed E-state index contributed by atoms with van der Waals surface area (Å²) in [7, 11) is 1.38. The Morgan fingerprint density at radius 3 is 2.45 bits per heavy atom. The van der Waals surface area contributed by atoms with Crippen molar-refractivity contribution in [1.29, 1.82) is 0 Å². The Bertz CT molecular complexity index is 1690. The molecule has 5 rings (SSSR count). The van der Waals surface area contributed by atoms with Gasteiger partial charge in [0.15, 0.2) is 23.5 Å². The monoisotopic (exact) mass is 617 g/mol. The molecule has 0 spiro atoms. The number of ether oxygens (including phenoxy) is 1. The third kappa shape index (κ3) is 7.87. The first-order chi connectivity index (χ1) is 20.8. The molecular weight excluding hydrogens is 594 g/mol. The zero-order chi connectivity index (χ0) is 32.0. The Morgan fingerprint density at radius 2 is 1.84 bits per heavy atom. The average Bonchev–Trinajstić information content (AvgIpc) is 3.66. The van der Waals surface area contributed by atoms with Crippen LogP contribution in [0.15, 0.2) is 52.3 Å². The van der Waals surface area contributed by atoms with Crippen LogP contribution in [0, 0.1) is 19.7 Å². The minimum atomic E-state index is -5.08. The smallest absolute Gasteiger partial charge is 0.490 e. The lowest BCUT2D eigenvalue weighted by atomic mass is 10.1. The van der Waals surface area contributed by atoms with Crippen molar-refractivity contribution in [1.82, 2.24) is 30.4 Å². The topological polar surface area (TPSA) is 175 Å². The Balaban J connectivity index is 0.000000566. The number of methoxy groups -OCH3 is 1. The van der Waals surface area contributed by atoms with Crippen LogP contribution >= 0.6 is 0 Å². The second-order valence-electron chi connectivity index (χ2n) is 9.09. The summed E-state index contributed by atoms with van der Waals surface area (Å²) in [6, 6.07) is 9.59. The summed E-state index contributed by atoms with van der Waals surface area (Å²) < 4.78 is 55.5. The summed E-state index contributed by atoms with van der Waals surface area (Å²) in [5.41, 5.74) is 3.30. The van der Waals surface area contributed by atoms with Crippen LogP contribution in [-0.4, -0.2) is 61.1 Å². The molecule has 13 nitrogen and oxygen atoms in total. The van der Waals surface area contributed by atoms with E-state index in [9.17, 15) is 22.4 Å². The van der Waals surface area contributed by atoms with Crippen molar-refractivity contribution >= 4 is 17.6 Å². The number of hydrogen-bond acceptors (Lipinski definition) is 11. The summed E-state index contributed by atoms with van der Waals surface area (Å²) in [5.74, 6) is -2.18. The molecule has 0 radical (unpaired) electrons. The highest BCUT2D eigenvalue weighted by atomic mass is 19.4. The number of carbonyl (C=O) groups excluding carboxylic acids is 1. The van der Waals surface area contributed by atoms with Gasteiger partial charge >= 0.3 is 12.1 Å². The molecule has 1 unspecified atom stereocenters. The Morgan fingerprint density at radius 1 is 1.09 bits per heavy atom. The van der Waals surface area contributed by atoms with E-state index >= 15 is 0 Å². The molecule has 4 heterocycles. The molecule has 44 heavy (non-hydrogen) atoms. The first kappa shape index (κ1) is 31.5. The lowest BCUT2D eigenvalue weighted by molar-refractivity contribution is -0.192. The molecule has 1 aliphatic rings. The SMILES string of the molecule is COc1cc(CNC(=O)c2cc(C3=NOC(c4ccc(-c5nc(C)no5)cn4)C3)nc(C)n2)ccc1F.O=C(O)C(F)(F)F. The molecule has 1 amide bonds. The number of aliphatic carboxylic acids is 1. The van der Waals surface area contributed by atoms with Crippen LogP contribution in [0.5, 0.6) is 5.75 Å². The molecule has 0 saturated carbocycles. The molecule has 1 aliphatic heterocycles. The minimum absolute atomic E-state index is 0.106. The second kappa shape index (κ2) is 13.2. The maximum Gasteiger partial charge on any atom is 0.490 e. The highest BCUT2D eigenvalue weighted by Crippen LogP contribution is 2.29. The van der Waals surface area contributed by atoms with Crippen LogP contribution < -0.4 is 10.1 Å². The van der Waals surface area contributed by atoms with Gasteiger partial charge in [0.25, 0.3) is 11.8 Å². The van der Waals surface area contributed by atoms with Gasteiger partial charge in [0.05, 0.1) is 24.1 Å². The number of nitrogens with one attached hydrogen (secondary N) is 1. The number of pyridine rings is 1. The number of benzene rings is 1. The lowest BCUT2D eigenvalue weighted by Crippen LogP contribution is -2.25. The highest BCUT2D eigenvalue weighted by molar-refractivity contribution is 6.02. The highest BCUT2D eigenvalue weighted by Gasteiger charge is 2.38. The first-order valence-electron chi connectivity index (χ1n) is 12.6. The fourth-order valence-corrected chi connectivity index (χ4v) is 3.74. The molecule has 0 saturated heterocycles. The number of aromatic nitrogens is 5. The van der Waals surface area contributed by atoms with Crippen LogP contribution in [0.2, 0.25) is 0 Å². The fourth-order valence-electron chi connectivity index (χ4n) is 3.74. The van der Waals surface area contributed by atoms with E-state index in [-0.39, 0.29) is 18.0 Å². The third-order valence-electron chi connectivity index (χ3n) is 5.84. The quantitative estimate of drug-likeness (QED) is 0.286. The lowest BCUT2D eigenvalue weighted by Gasteiger charge is -2.09. The van der Waals surface area contributed by atoms with Gasteiger partial charge in [-0.2, -0.15) is 18.2 Å². The summed E-state index contributed by atoms with van der Waals surface area (Å²) in [6.45, 7) is 3.61. The van der Waals surface area contributed by atoms with Crippen molar-refractivity contribution in [3.05, 3.63) is 82.7 Å². The number of rotatable bonds is 7. The molecule has 0 fully saturated rings. The zero-order valence-corrected chi connectivity index (χ0v) is 23.2. The van der Waals surface area contributed by atoms with Gasteiger partial charge in [0, 0.05) is 19.2 Å². The van der Waals surface area contributed by atoms with Crippen LogP contribution in [0.4, 0.5) is 17.6 Å². The Hall–Kier alpha value is -5.48. The molecule has 1 atom stereocenters. The second-order valence-corrected chi connectivity index (χ2v) is 9.09. The maximum absolute atomic E-state index is 13.6. The number of amides is 1. The number of aryl methyl sites for hydroxylation is 2. The number of oxime groups is 1. The van der Waals surface area contributed by atoms with E-state index in [2.05, 4.69) is 35.6 Å². The number of hydrogen-bond donors (Lipinski definition) is 2.